The monoisotopic (exact) mass is 389 g/mol. The van der Waals surface area contributed by atoms with Crippen molar-refractivity contribution in [1.82, 2.24) is 4.72 Å². The molecule has 0 aromatic heterocycles. The normalized spacial score (nSPS) is 12.0. The van der Waals surface area contributed by atoms with E-state index in [0.29, 0.717) is 6.07 Å². The molecule has 0 atom stereocenters. The number of halogens is 3. The Hall–Kier alpha value is -2.66. The van der Waals surface area contributed by atoms with Gasteiger partial charge < -0.3 is 5.32 Å². The summed E-state index contributed by atoms with van der Waals surface area (Å²) in [6.07, 6.45) is -4.65. The van der Waals surface area contributed by atoms with Gasteiger partial charge in [-0.1, -0.05) is 18.2 Å². The average molecular weight is 389 g/mol. The second kappa shape index (κ2) is 7.70. The van der Waals surface area contributed by atoms with Crippen LogP contribution in [0.1, 0.15) is 5.56 Å². The van der Waals surface area contributed by atoms with Gasteiger partial charge in [-0.2, -0.15) is 13.2 Å². The maximum atomic E-state index is 12.7. The number of hydrogen-bond acceptors (Lipinski definition) is 5. The summed E-state index contributed by atoms with van der Waals surface area (Å²) in [7, 11) is -4.15. The van der Waals surface area contributed by atoms with Gasteiger partial charge in [-0.15, -0.1) is 0 Å². The Morgan fingerprint density at radius 2 is 1.73 bits per heavy atom. The highest BCUT2D eigenvalue weighted by atomic mass is 32.2. The van der Waals surface area contributed by atoms with Crippen molar-refractivity contribution >= 4 is 21.4 Å². The molecule has 0 fully saturated rings. The second-order valence-corrected chi connectivity index (χ2v) is 6.89. The summed E-state index contributed by atoms with van der Waals surface area (Å²) < 4.78 is 64.3. The number of rotatable bonds is 7. The quantitative estimate of drug-likeness (QED) is 0.431. The molecule has 0 heterocycles. The topological polar surface area (TPSA) is 101 Å². The first-order valence-corrected chi connectivity index (χ1v) is 8.74. The number of benzene rings is 2. The van der Waals surface area contributed by atoms with Gasteiger partial charge >= 0.3 is 6.18 Å². The van der Waals surface area contributed by atoms with E-state index in [1.807, 2.05) is 0 Å². The molecule has 2 N–H and O–H groups in total. The molecule has 2 aromatic carbocycles. The van der Waals surface area contributed by atoms with E-state index >= 15 is 0 Å². The number of nitrogens with zero attached hydrogens (tertiary/aromatic N) is 1. The van der Waals surface area contributed by atoms with E-state index in [2.05, 4.69) is 10.0 Å². The number of hydrogen-bond donors (Lipinski definition) is 2. The third-order valence-electron chi connectivity index (χ3n) is 3.30. The smallest absolute Gasteiger partial charge is 0.378 e. The molecular formula is C15H14F3N3O4S. The molecule has 7 nitrogen and oxygen atoms in total. The molecule has 0 aliphatic heterocycles. The first-order chi connectivity index (χ1) is 12.1. The molecule has 0 spiro atoms. The Morgan fingerprint density at radius 1 is 1.04 bits per heavy atom. The molecule has 11 heteroatoms. The standard InChI is InChI=1S/C15H14F3N3O4S/c16-15(17,18)11-4-3-5-12(10-11)26(24,25)20-9-8-19-13-6-1-2-7-14(13)21(22)23/h1-7,10,19-20H,8-9H2. The number of alkyl halides is 3. The maximum Gasteiger partial charge on any atom is 0.416 e. The van der Waals surface area contributed by atoms with E-state index in [1.165, 1.54) is 18.2 Å². The van der Waals surface area contributed by atoms with Crippen LogP contribution in [-0.4, -0.2) is 26.4 Å². The van der Waals surface area contributed by atoms with Gasteiger partial charge in [-0.3, -0.25) is 10.1 Å². The van der Waals surface area contributed by atoms with Crippen molar-refractivity contribution in [2.75, 3.05) is 18.4 Å². The van der Waals surface area contributed by atoms with Gasteiger partial charge in [0.1, 0.15) is 5.69 Å². The van der Waals surface area contributed by atoms with Crippen molar-refractivity contribution < 1.29 is 26.5 Å². The van der Waals surface area contributed by atoms with Gasteiger partial charge in [0.25, 0.3) is 5.69 Å². The largest absolute Gasteiger partial charge is 0.416 e. The highest BCUT2D eigenvalue weighted by molar-refractivity contribution is 7.89. The molecule has 2 rings (SSSR count). The number of sulfonamides is 1. The van der Waals surface area contributed by atoms with Gasteiger partial charge in [0, 0.05) is 19.2 Å². The van der Waals surface area contributed by atoms with Crippen molar-refractivity contribution in [3.05, 3.63) is 64.2 Å². The van der Waals surface area contributed by atoms with Crippen molar-refractivity contribution in [2.24, 2.45) is 0 Å². The van der Waals surface area contributed by atoms with Crippen LogP contribution in [0.4, 0.5) is 24.5 Å². The Kier molecular flexibility index (Phi) is 5.83. The fraction of sp³-hybridized carbons (Fsp3) is 0.200. The molecule has 0 aliphatic carbocycles. The third kappa shape index (κ3) is 4.92. The molecule has 0 bridgehead atoms. The second-order valence-electron chi connectivity index (χ2n) is 5.12. The van der Waals surface area contributed by atoms with Crippen LogP contribution >= 0.6 is 0 Å². The Bertz CT molecular complexity index is 901. The van der Waals surface area contributed by atoms with E-state index in [-0.39, 0.29) is 24.5 Å². The number of para-hydroxylation sites is 2. The zero-order valence-corrected chi connectivity index (χ0v) is 14.0. The summed E-state index contributed by atoms with van der Waals surface area (Å²) in [5, 5.41) is 13.6. The number of nitro groups is 1. The summed E-state index contributed by atoms with van der Waals surface area (Å²) in [5.41, 5.74) is -1.04. The van der Waals surface area contributed by atoms with Gasteiger partial charge in [-0.05, 0) is 24.3 Å². The fourth-order valence-electron chi connectivity index (χ4n) is 2.09. The van der Waals surface area contributed by atoms with Crippen LogP contribution in [0.15, 0.2) is 53.4 Å². The SMILES string of the molecule is O=[N+]([O-])c1ccccc1NCCNS(=O)(=O)c1cccc(C(F)(F)F)c1. The van der Waals surface area contributed by atoms with Gasteiger partial charge in [0.2, 0.25) is 10.0 Å². The van der Waals surface area contributed by atoms with Crippen molar-refractivity contribution in [3.8, 4) is 0 Å². The zero-order chi connectivity index (χ0) is 19.4. The predicted octanol–water partition coefficient (Wildman–Crippen LogP) is 3.00. The molecule has 26 heavy (non-hydrogen) atoms. The summed E-state index contributed by atoms with van der Waals surface area (Å²) in [4.78, 5) is 9.77. The minimum absolute atomic E-state index is 0.00302. The maximum absolute atomic E-state index is 12.7. The lowest BCUT2D eigenvalue weighted by molar-refractivity contribution is -0.384. The van der Waals surface area contributed by atoms with Crippen LogP contribution < -0.4 is 10.0 Å². The summed E-state index contributed by atoms with van der Waals surface area (Å²) in [5.74, 6) is 0. The van der Waals surface area contributed by atoms with Crippen LogP contribution in [0.3, 0.4) is 0 Å². The van der Waals surface area contributed by atoms with Crippen LogP contribution in [0, 0.1) is 10.1 Å². The van der Waals surface area contributed by atoms with Gasteiger partial charge in [-0.25, -0.2) is 13.1 Å². The lowest BCUT2D eigenvalue weighted by Crippen LogP contribution is -2.29. The molecular weight excluding hydrogens is 375 g/mol. The zero-order valence-electron chi connectivity index (χ0n) is 13.2. The number of nitrogens with one attached hydrogen (secondary N) is 2. The molecule has 0 saturated carbocycles. The van der Waals surface area contributed by atoms with Crippen molar-refractivity contribution in [3.63, 3.8) is 0 Å². The Balaban J connectivity index is 2.01. The molecule has 140 valence electrons. The lowest BCUT2D eigenvalue weighted by Gasteiger charge is -2.11. The summed E-state index contributed by atoms with van der Waals surface area (Å²) in [6, 6.07) is 9.17. The molecule has 0 unspecified atom stereocenters. The van der Waals surface area contributed by atoms with Crippen LogP contribution in [0.2, 0.25) is 0 Å². The Morgan fingerprint density at radius 3 is 2.38 bits per heavy atom. The lowest BCUT2D eigenvalue weighted by atomic mass is 10.2. The van der Waals surface area contributed by atoms with Crippen LogP contribution in [0.5, 0.6) is 0 Å². The first-order valence-electron chi connectivity index (χ1n) is 7.25. The number of anilines is 1. The minimum Gasteiger partial charge on any atom is -0.378 e. The van der Waals surface area contributed by atoms with E-state index in [4.69, 9.17) is 0 Å². The molecule has 0 radical (unpaired) electrons. The third-order valence-corrected chi connectivity index (χ3v) is 4.76. The minimum atomic E-state index is -4.65. The van der Waals surface area contributed by atoms with Gasteiger partial charge in [0.05, 0.1) is 15.4 Å². The average Bonchev–Trinajstić information content (AvgIpc) is 2.58. The molecule has 0 saturated heterocycles. The van der Waals surface area contributed by atoms with E-state index in [0.717, 1.165) is 18.2 Å². The summed E-state index contributed by atoms with van der Waals surface area (Å²) in [6.45, 7) is -0.173. The van der Waals surface area contributed by atoms with Crippen LogP contribution in [0.25, 0.3) is 0 Å². The summed E-state index contributed by atoms with van der Waals surface area (Å²) >= 11 is 0. The highest BCUT2D eigenvalue weighted by Crippen LogP contribution is 2.30. The van der Waals surface area contributed by atoms with Crippen molar-refractivity contribution in [2.45, 2.75) is 11.1 Å². The van der Waals surface area contributed by atoms with Crippen LogP contribution in [-0.2, 0) is 16.2 Å². The Labute approximate surface area is 147 Å². The van der Waals surface area contributed by atoms with E-state index < -0.39 is 31.6 Å². The van der Waals surface area contributed by atoms with Crippen molar-refractivity contribution in [1.29, 1.82) is 0 Å². The fourth-order valence-corrected chi connectivity index (χ4v) is 3.17. The predicted molar refractivity (Wildman–Crippen MR) is 88.2 cm³/mol. The molecule has 0 amide bonds. The number of nitro benzene ring substituents is 1. The first kappa shape index (κ1) is 19.7. The molecule has 2 aromatic rings. The molecule has 0 aliphatic rings. The van der Waals surface area contributed by atoms with E-state index in [9.17, 15) is 31.7 Å². The van der Waals surface area contributed by atoms with E-state index in [1.54, 1.807) is 6.07 Å². The van der Waals surface area contributed by atoms with Gasteiger partial charge in [0.15, 0.2) is 0 Å². The highest BCUT2D eigenvalue weighted by Gasteiger charge is 2.31.